The summed E-state index contributed by atoms with van der Waals surface area (Å²) in [5, 5.41) is 16.7. The van der Waals surface area contributed by atoms with Crippen molar-refractivity contribution in [3.63, 3.8) is 0 Å². The number of nitrogens with zero attached hydrogens (tertiary/aromatic N) is 5. The number of hydrogen-bond acceptors (Lipinski definition) is 12. The molecule has 3 aromatic carbocycles. The van der Waals surface area contributed by atoms with Crippen LogP contribution in [0.5, 0.6) is 11.5 Å². The molecule has 338 valence electrons. The lowest BCUT2D eigenvalue weighted by Crippen LogP contribution is -2.47. The summed E-state index contributed by atoms with van der Waals surface area (Å²) in [6.45, 7) is 8.98. The van der Waals surface area contributed by atoms with E-state index in [0.29, 0.717) is 43.9 Å². The summed E-state index contributed by atoms with van der Waals surface area (Å²) in [6, 6.07) is 20.2. The number of hydrogen-bond donors (Lipinski definition) is 3. The van der Waals surface area contributed by atoms with Gasteiger partial charge < -0.3 is 19.9 Å². The highest BCUT2D eigenvalue weighted by Crippen LogP contribution is 2.44. The number of sulfonamides is 1. The van der Waals surface area contributed by atoms with Gasteiger partial charge in [-0.3, -0.25) is 24.0 Å². The Morgan fingerprint density at radius 3 is 2.48 bits per heavy atom. The van der Waals surface area contributed by atoms with E-state index in [9.17, 15) is 27.5 Å². The molecule has 0 unspecified atom stereocenters. The number of allylic oxidation sites excluding steroid dienone is 1. The molecule has 1 amide bonds. The molecule has 0 radical (unpaired) electrons. The van der Waals surface area contributed by atoms with Crippen LogP contribution in [0.2, 0.25) is 5.02 Å². The molecule has 3 N–H and O–H groups in total. The number of nitro groups is 1. The Balaban J connectivity index is 0.985. The first-order valence-corrected chi connectivity index (χ1v) is 25.5. The number of fused-ring (bicyclic) bond motifs is 1. The molecule has 1 aliphatic heterocycles. The minimum absolute atomic E-state index is 0.0173. The van der Waals surface area contributed by atoms with Crippen LogP contribution in [0.4, 0.5) is 17.1 Å². The Morgan fingerprint density at radius 2 is 1.77 bits per heavy atom. The molecule has 0 bridgehead atoms. The fourth-order valence-electron chi connectivity index (χ4n) is 8.76. The number of nitro benzene ring substituents is 1. The summed E-state index contributed by atoms with van der Waals surface area (Å²) in [5.41, 5.74) is 5.39. The molecule has 0 atom stereocenters. The molecular formula is C46H53ClN8O7S2. The van der Waals surface area contributed by atoms with Crippen LogP contribution >= 0.6 is 11.6 Å². The smallest absolute Gasteiger partial charge is 0.293 e. The molecule has 3 heterocycles. The van der Waals surface area contributed by atoms with Crippen LogP contribution in [0.15, 0.2) is 100 Å². The summed E-state index contributed by atoms with van der Waals surface area (Å²) in [6.07, 6.45) is 11.0. The number of aromatic amines is 1. The molecule has 64 heavy (non-hydrogen) atoms. The number of carbonyl (C=O) groups is 1. The van der Waals surface area contributed by atoms with E-state index < -0.39 is 41.2 Å². The lowest BCUT2D eigenvalue weighted by Gasteiger charge is -2.39. The van der Waals surface area contributed by atoms with Crippen molar-refractivity contribution in [2.75, 3.05) is 62.0 Å². The maximum Gasteiger partial charge on any atom is 0.293 e. The van der Waals surface area contributed by atoms with Gasteiger partial charge in [0.2, 0.25) is 0 Å². The van der Waals surface area contributed by atoms with Crippen molar-refractivity contribution in [3.8, 4) is 11.5 Å². The Bertz CT molecular complexity index is 2850. The SMILES string of the molecule is CC1(C)CCC(CN2CCN(c3ccc(C(=O)NS(=O)(=O)c4ccc(NCC5CC(N=S(C)(C)=O)C5)c([N+](=O)[O-])c4)c(Oc4cnc5[nH]ccc5c4)c3)CC2)=C(c2ccc(Cl)cc2)C1. The normalized spacial score (nSPS) is 19.2. The fraction of sp³-hybridized carbons (Fsp3) is 0.391. The highest BCUT2D eigenvalue weighted by atomic mass is 35.5. The number of rotatable bonds is 14. The number of nitrogens with one attached hydrogen (secondary N) is 3. The standard InChI is InChI=1S/C46H53ClN8O7S2/c1-46(2)15-13-33(40(26-46)31-5-7-34(47)8-6-31)29-53-17-19-54(20-18-53)36-9-11-39(43(24-36)62-37-23-32-14-16-48-44(32)50-28-37)45(56)52-64(60,61)38-10-12-41(42(25-38)55(57)58)49-27-30-21-35(22-30)51-63(3,4)59/h5-12,14,16,23-25,28,30,35,49H,13,15,17-22,26-27,29H2,1-4H3,(H,48,50)(H,52,56). The van der Waals surface area contributed by atoms with Gasteiger partial charge >= 0.3 is 0 Å². The molecule has 2 aliphatic carbocycles. The number of pyridine rings is 1. The molecule has 5 aromatic rings. The zero-order valence-corrected chi connectivity index (χ0v) is 38.7. The lowest BCUT2D eigenvalue weighted by molar-refractivity contribution is -0.384. The van der Waals surface area contributed by atoms with Crippen LogP contribution in [0.25, 0.3) is 16.6 Å². The predicted octanol–water partition coefficient (Wildman–Crippen LogP) is 8.74. The molecule has 8 rings (SSSR count). The topological polar surface area (TPSA) is 192 Å². The Kier molecular flexibility index (Phi) is 12.8. The fourth-order valence-corrected chi connectivity index (χ4v) is 10.8. The molecule has 2 fully saturated rings. The van der Waals surface area contributed by atoms with E-state index in [4.69, 9.17) is 16.3 Å². The number of amides is 1. The van der Waals surface area contributed by atoms with Gasteiger partial charge in [0.25, 0.3) is 21.6 Å². The quantitative estimate of drug-likeness (QED) is 0.0713. The second-order valence-electron chi connectivity index (χ2n) is 18.1. The van der Waals surface area contributed by atoms with Crippen molar-refractivity contribution in [2.45, 2.75) is 56.9 Å². The first-order valence-electron chi connectivity index (χ1n) is 21.3. The summed E-state index contributed by atoms with van der Waals surface area (Å²) in [4.78, 5) is 37.1. The Hall–Kier alpha value is -5.49. The van der Waals surface area contributed by atoms with Crippen molar-refractivity contribution in [2.24, 2.45) is 15.7 Å². The van der Waals surface area contributed by atoms with Crippen molar-refractivity contribution < 1.29 is 27.1 Å². The van der Waals surface area contributed by atoms with Gasteiger partial charge in [-0.25, -0.2) is 22.5 Å². The Morgan fingerprint density at radius 1 is 1.02 bits per heavy atom. The third kappa shape index (κ3) is 10.7. The molecule has 1 saturated heterocycles. The number of ether oxygens (including phenoxy) is 1. The molecule has 0 spiro atoms. The summed E-state index contributed by atoms with van der Waals surface area (Å²) < 4.78 is 52.2. The van der Waals surface area contributed by atoms with E-state index in [1.54, 1.807) is 36.9 Å². The molecule has 18 heteroatoms. The van der Waals surface area contributed by atoms with Gasteiger partial charge in [0.05, 0.1) is 27.6 Å². The predicted molar refractivity (Wildman–Crippen MR) is 252 cm³/mol. The van der Waals surface area contributed by atoms with Gasteiger partial charge in [0, 0.05) is 95.9 Å². The summed E-state index contributed by atoms with van der Waals surface area (Å²) in [5.74, 6) is -0.353. The van der Waals surface area contributed by atoms with Crippen molar-refractivity contribution in [1.29, 1.82) is 0 Å². The lowest BCUT2D eigenvalue weighted by atomic mass is 9.72. The van der Waals surface area contributed by atoms with Gasteiger partial charge in [0.15, 0.2) is 0 Å². The minimum atomic E-state index is -4.59. The van der Waals surface area contributed by atoms with Crippen LogP contribution in [-0.4, -0.2) is 96.1 Å². The molecule has 3 aliphatic rings. The largest absolute Gasteiger partial charge is 0.455 e. The van der Waals surface area contributed by atoms with Crippen LogP contribution in [0.3, 0.4) is 0 Å². The first kappa shape index (κ1) is 45.1. The Labute approximate surface area is 379 Å². The van der Waals surface area contributed by atoms with Gasteiger partial charge in [-0.15, -0.1) is 0 Å². The number of H-pyrrole nitrogens is 1. The summed E-state index contributed by atoms with van der Waals surface area (Å²) >= 11 is 6.24. The number of aromatic nitrogens is 2. The van der Waals surface area contributed by atoms with E-state index in [2.05, 4.69) is 60.1 Å². The number of halogens is 1. The average molecular weight is 930 g/mol. The third-order valence-electron chi connectivity index (χ3n) is 12.2. The average Bonchev–Trinajstić information content (AvgIpc) is 3.70. The highest BCUT2D eigenvalue weighted by molar-refractivity contribution is 7.92. The van der Waals surface area contributed by atoms with Gasteiger partial charge in [-0.1, -0.05) is 43.2 Å². The van der Waals surface area contributed by atoms with Crippen LogP contribution in [0, 0.1) is 21.4 Å². The number of piperazine rings is 1. The van der Waals surface area contributed by atoms with E-state index in [1.165, 1.54) is 41.1 Å². The van der Waals surface area contributed by atoms with Crippen LogP contribution in [0.1, 0.15) is 61.9 Å². The van der Waals surface area contributed by atoms with Crippen molar-refractivity contribution in [1.82, 2.24) is 19.6 Å². The van der Waals surface area contributed by atoms with Gasteiger partial charge in [-0.2, -0.15) is 0 Å². The number of benzene rings is 3. The van der Waals surface area contributed by atoms with Gasteiger partial charge in [0.1, 0.15) is 22.8 Å². The molecule has 2 aromatic heterocycles. The highest BCUT2D eigenvalue weighted by Gasteiger charge is 2.32. The second-order valence-corrected chi connectivity index (χ2v) is 22.8. The van der Waals surface area contributed by atoms with Crippen molar-refractivity contribution >= 4 is 70.9 Å². The molecule has 1 saturated carbocycles. The van der Waals surface area contributed by atoms with E-state index >= 15 is 0 Å². The minimum Gasteiger partial charge on any atom is -0.455 e. The molecular weight excluding hydrogens is 876 g/mol. The zero-order valence-electron chi connectivity index (χ0n) is 36.3. The maximum absolute atomic E-state index is 13.9. The van der Waals surface area contributed by atoms with Crippen LogP contribution in [-0.2, 0) is 19.8 Å². The van der Waals surface area contributed by atoms with Crippen LogP contribution < -0.4 is 19.7 Å². The first-order chi connectivity index (χ1) is 30.4. The number of anilines is 2. The molecule has 15 nitrogen and oxygen atoms in total. The van der Waals surface area contributed by atoms with Crippen molar-refractivity contribution in [3.05, 3.63) is 117 Å². The zero-order chi connectivity index (χ0) is 45.4. The summed E-state index contributed by atoms with van der Waals surface area (Å²) in [7, 11) is -6.81. The monoisotopic (exact) mass is 928 g/mol. The third-order valence-corrected chi connectivity index (χ3v) is 14.6. The van der Waals surface area contributed by atoms with E-state index in [1.807, 2.05) is 18.2 Å². The van der Waals surface area contributed by atoms with E-state index in [0.717, 1.165) is 61.1 Å². The second kappa shape index (κ2) is 18.2. The van der Waals surface area contributed by atoms with E-state index in [-0.39, 0.29) is 34.4 Å². The number of carbonyl (C=O) groups excluding carboxylic acids is 1. The maximum atomic E-state index is 13.9. The van der Waals surface area contributed by atoms with Gasteiger partial charge in [-0.05, 0) is 103 Å².